The summed E-state index contributed by atoms with van der Waals surface area (Å²) < 4.78 is 2.16. The zero-order chi connectivity index (χ0) is 11.5. The average molecular weight is 209 g/mol. The van der Waals surface area contributed by atoms with Gasteiger partial charge in [-0.2, -0.15) is 0 Å². The molecule has 0 aliphatic rings. The van der Waals surface area contributed by atoms with Crippen LogP contribution in [0.15, 0.2) is 12.4 Å². The first kappa shape index (κ1) is 12.2. The second kappa shape index (κ2) is 4.79. The monoisotopic (exact) mass is 209 g/mol. The molecule has 3 nitrogen and oxygen atoms in total. The van der Waals surface area contributed by atoms with Crippen LogP contribution in [0, 0.1) is 5.41 Å². The fraction of sp³-hybridized carbons (Fsp3) is 0.750. The lowest BCUT2D eigenvalue weighted by atomic mass is 9.87. The summed E-state index contributed by atoms with van der Waals surface area (Å²) in [5, 5.41) is 0. The molecule has 0 fully saturated rings. The van der Waals surface area contributed by atoms with E-state index in [9.17, 15) is 0 Å². The van der Waals surface area contributed by atoms with Crippen LogP contribution in [0.4, 0.5) is 0 Å². The van der Waals surface area contributed by atoms with Crippen LogP contribution in [-0.2, 0) is 13.0 Å². The first-order valence-electron chi connectivity index (χ1n) is 5.68. The Kier molecular flexibility index (Phi) is 3.91. The van der Waals surface area contributed by atoms with Crippen molar-refractivity contribution < 1.29 is 0 Å². The fourth-order valence-electron chi connectivity index (χ4n) is 1.91. The van der Waals surface area contributed by atoms with Crippen molar-refractivity contribution in [2.24, 2.45) is 11.1 Å². The molecule has 0 aliphatic carbocycles. The van der Waals surface area contributed by atoms with Crippen LogP contribution in [0.1, 0.15) is 39.9 Å². The van der Waals surface area contributed by atoms with Crippen molar-refractivity contribution in [3.8, 4) is 0 Å². The number of hydrogen-bond acceptors (Lipinski definition) is 2. The predicted octanol–water partition coefficient (Wildman–Crippen LogP) is 2.21. The van der Waals surface area contributed by atoms with Crippen LogP contribution in [0.5, 0.6) is 0 Å². The van der Waals surface area contributed by atoms with Crippen LogP contribution in [0.3, 0.4) is 0 Å². The molecule has 0 aromatic carbocycles. The summed E-state index contributed by atoms with van der Waals surface area (Å²) >= 11 is 0. The van der Waals surface area contributed by atoms with E-state index in [0.29, 0.717) is 5.41 Å². The zero-order valence-electron chi connectivity index (χ0n) is 10.3. The standard InChI is InChI=1S/C12H23N3/c1-5-15-7-6-14-11(15)8-10(13)9-12(2,3)4/h6-7,10H,5,8-9,13H2,1-4H3. The molecule has 0 saturated carbocycles. The Hall–Kier alpha value is -0.830. The minimum atomic E-state index is 0.206. The molecule has 1 rings (SSSR count). The number of hydrogen-bond donors (Lipinski definition) is 1. The van der Waals surface area contributed by atoms with E-state index in [1.165, 1.54) is 0 Å². The second-order valence-corrected chi connectivity index (χ2v) is 5.36. The van der Waals surface area contributed by atoms with Crippen molar-refractivity contribution in [3.05, 3.63) is 18.2 Å². The number of nitrogens with zero attached hydrogens (tertiary/aromatic N) is 2. The molecule has 0 radical (unpaired) electrons. The van der Waals surface area contributed by atoms with Crippen molar-refractivity contribution in [3.63, 3.8) is 0 Å². The van der Waals surface area contributed by atoms with Gasteiger partial charge in [-0.1, -0.05) is 20.8 Å². The highest BCUT2D eigenvalue weighted by Crippen LogP contribution is 2.21. The molecule has 0 aliphatic heterocycles. The summed E-state index contributed by atoms with van der Waals surface area (Å²) in [6.07, 6.45) is 5.77. The number of imidazole rings is 1. The topological polar surface area (TPSA) is 43.8 Å². The molecule has 1 aromatic heterocycles. The molecule has 0 saturated heterocycles. The highest BCUT2D eigenvalue weighted by atomic mass is 15.1. The molecule has 15 heavy (non-hydrogen) atoms. The normalized spacial score (nSPS) is 14.2. The molecule has 0 spiro atoms. The van der Waals surface area contributed by atoms with Crippen LogP contribution in [-0.4, -0.2) is 15.6 Å². The molecule has 1 heterocycles. The van der Waals surface area contributed by atoms with E-state index in [4.69, 9.17) is 5.73 Å². The van der Waals surface area contributed by atoms with E-state index in [0.717, 1.165) is 25.2 Å². The molecule has 1 aromatic rings. The van der Waals surface area contributed by atoms with Gasteiger partial charge in [0, 0.05) is 31.4 Å². The number of rotatable bonds is 4. The van der Waals surface area contributed by atoms with E-state index in [1.54, 1.807) is 0 Å². The molecule has 0 amide bonds. The second-order valence-electron chi connectivity index (χ2n) is 5.36. The third-order valence-electron chi connectivity index (χ3n) is 2.46. The van der Waals surface area contributed by atoms with Gasteiger partial charge in [-0.05, 0) is 18.8 Å². The highest BCUT2D eigenvalue weighted by Gasteiger charge is 2.17. The third-order valence-corrected chi connectivity index (χ3v) is 2.46. The van der Waals surface area contributed by atoms with Gasteiger partial charge in [0.15, 0.2) is 0 Å². The van der Waals surface area contributed by atoms with Crippen molar-refractivity contribution >= 4 is 0 Å². The maximum absolute atomic E-state index is 6.12. The van der Waals surface area contributed by atoms with Gasteiger partial charge in [-0.3, -0.25) is 0 Å². The molecule has 86 valence electrons. The largest absolute Gasteiger partial charge is 0.335 e. The fourth-order valence-corrected chi connectivity index (χ4v) is 1.91. The molecular weight excluding hydrogens is 186 g/mol. The van der Waals surface area contributed by atoms with Crippen molar-refractivity contribution in [1.29, 1.82) is 0 Å². The first-order valence-corrected chi connectivity index (χ1v) is 5.68. The molecular formula is C12H23N3. The average Bonchev–Trinajstić information content (AvgIpc) is 2.48. The van der Waals surface area contributed by atoms with Crippen molar-refractivity contribution in [2.45, 2.75) is 53.1 Å². The number of nitrogens with two attached hydrogens (primary N) is 1. The van der Waals surface area contributed by atoms with Gasteiger partial charge in [0.25, 0.3) is 0 Å². The first-order chi connectivity index (χ1) is 6.92. The molecule has 0 bridgehead atoms. The van der Waals surface area contributed by atoms with Gasteiger partial charge in [-0.15, -0.1) is 0 Å². The van der Waals surface area contributed by atoms with Crippen molar-refractivity contribution in [1.82, 2.24) is 9.55 Å². The quantitative estimate of drug-likeness (QED) is 0.826. The van der Waals surface area contributed by atoms with Crippen LogP contribution < -0.4 is 5.73 Å². The lowest BCUT2D eigenvalue weighted by Crippen LogP contribution is -2.29. The number of aryl methyl sites for hydroxylation is 1. The van der Waals surface area contributed by atoms with Gasteiger partial charge in [0.1, 0.15) is 5.82 Å². The van der Waals surface area contributed by atoms with Crippen molar-refractivity contribution in [2.75, 3.05) is 0 Å². The van der Waals surface area contributed by atoms with E-state index in [2.05, 4.69) is 37.2 Å². The van der Waals surface area contributed by atoms with Crippen LogP contribution in [0.2, 0.25) is 0 Å². The van der Waals surface area contributed by atoms with Gasteiger partial charge in [-0.25, -0.2) is 4.98 Å². The minimum absolute atomic E-state index is 0.206. The van der Waals surface area contributed by atoms with Crippen LogP contribution in [0.25, 0.3) is 0 Å². The lowest BCUT2D eigenvalue weighted by Gasteiger charge is -2.23. The molecule has 2 N–H and O–H groups in total. The summed E-state index contributed by atoms with van der Waals surface area (Å²) in [6.45, 7) is 9.76. The lowest BCUT2D eigenvalue weighted by molar-refractivity contribution is 0.335. The number of aromatic nitrogens is 2. The summed E-state index contributed by atoms with van der Waals surface area (Å²) in [5.41, 5.74) is 6.42. The summed E-state index contributed by atoms with van der Waals surface area (Å²) in [4.78, 5) is 4.34. The summed E-state index contributed by atoms with van der Waals surface area (Å²) in [5.74, 6) is 1.11. The van der Waals surface area contributed by atoms with Gasteiger partial charge in [0.2, 0.25) is 0 Å². The van der Waals surface area contributed by atoms with E-state index in [1.807, 2.05) is 12.4 Å². The Morgan fingerprint density at radius 1 is 1.47 bits per heavy atom. The minimum Gasteiger partial charge on any atom is -0.335 e. The molecule has 1 unspecified atom stereocenters. The molecule has 1 atom stereocenters. The van der Waals surface area contributed by atoms with E-state index in [-0.39, 0.29) is 6.04 Å². The zero-order valence-corrected chi connectivity index (χ0v) is 10.3. The van der Waals surface area contributed by atoms with Gasteiger partial charge >= 0.3 is 0 Å². The Morgan fingerprint density at radius 3 is 2.67 bits per heavy atom. The van der Waals surface area contributed by atoms with Crippen LogP contribution >= 0.6 is 0 Å². The van der Waals surface area contributed by atoms with E-state index < -0.39 is 0 Å². The maximum atomic E-state index is 6.12. The maximum Gasteiger partial charge on any atom is 0.110 e. The summed E-state index contributed by atoms with van der Waals surface area (Å²) in [6, 6.07) is 0.206. The highest BCUT2D eigenvalue weighted by molar-refractivity contribution is 4.95. The third kappa shape index (κ3) is 4.04. The van der Waals surface area contributed by atoms with E-state index >= 15 is 0 Å². The Morgan fingerprint density at radius 2 is 2.13 bits per heavy atom. The Balaban J connectivity index is 2.55. The predicted molar refractivity (Wildman–Crippen MR) is 63.7 cm³/mol. The molecule has 3 heteroatoms. The Bertz CT molecular complexity index is 296. The van der Waals surface area contributed by atoms with Gasteiger partial charge in [0.05, 0.1) is 0 Å². The Labute approximate surface area is 92.7 Å². The van der Waals surface area contributed by atoms with Gasteiger partial charge < -0.3 is 10.3 Å². The SMILES string of the molecule is CCn1ccnc1CC(N)CC(C)(C)C. The smallest absolute Gasteiger partial charge is 0.110 e. The summed E-state index contributed by atoms with van der Waals surface area (Å²) in [7, 11) is 0.